The fourth-order valence-corrected chi connectivity index (χ4v) is 3.10. The first-order chi connectivity index (χ1) is 14.2. The van der Waals surface area contributed by atoms with Crippen molar-refractivity contribution in [3.63, 3.8) is 0 Å². The van der Waals surface area contributed by atoms with Crippen LogP contribution in [0.5, 0.6) is 0 Å². The zero-order valence-corrected chi connectivity index (χ0v) is 17.1. The summed E-state index contributed by atoms with van der Waals surface area (Å²) in [5.74, 6) is -5.85. The first-order valence-electron chi connectivity index (χ1n) is 8.95. The molecule has 0 saturated heterocycles. The van der Waals surface area contributed by atoms with E-state index in [-0.39, 0.29) is 12.2 Å². The van der Waals surface area contributed by atoms with Crippen LogP contribution in [-0.2, 0) is 16.1 Å². The molecule has 0 fully saturated rings. The molecule has 3 rings (SSSR count). The van der Waals surface area contributed by atoms with Crippen LogP contribution in [0.2, 0.25) is 0 Å². The minimum atomic E-state index is -4.70. The summed E-state index contributed by atoms with van der Waals surface area (Å²) in [5, 5.41) is 1.14. The zero-order chi connectivity index (χ0) is 21.8. The standard InChI is InChI=1S/C22H17BrF4O3/c23-22(26,27)21(24,25)19(14-29-13-15-7-2-1-3-8-15)30-20(28)18-12-6-10-16-9-4-5-11-17(16)18/h1-12,19H,13-14H2. The van der Waals surface area contributed by atoms with Crippen LogP contribution in [0.4, 0.5) is 17.6 Å². The number of carbonyl (C=O) groups is 1. The van der Waals surface area contributed by atoms with Gasteiger partial charge in [-0.25, -0.2) is 4.79 Å². The number of alkyl halides is 5. The third kappa shape index (κ3) is 4.99. The second-order valence-electron chi connectivity index (χ2n) is 6.54. The molecule has 0 aliphatic rings. The van der Waals surface area contributed by atoms with Gasteiger partial charge in [0.2, 0.25) is 0 Å². The average molecular weight is 485 g/mol. The molecule has 0 radical (unpaired) electrons. The quantitative estimate of drug-likeness (QED) is 0.217. The second-order valence-corrected chi connectivity index (χ2v) is 7.54. The molecule has 0 aliphatic heterocycles. The molecule has 1 atom stereocenters. The molecule has 1 unspecified atom stereocenters. The van der Waals surface area contributed by atoms with Crippen LogP contribution in [0.15, 0.2) is 72.8 Å². The van der Waals surface area contributed by atoms with Crippen molar-refractivity contribution in [2.24, 2.45) is 0 Å². The maximum atomic E-state index is 14.4. The predicted octanol–water partition coefficient (Wildman–Crippen LogP) is 6.21. The Kier molecular flexibility index (Phi) is 6.77. The topological polar surface area (TPSA) is 35.5 Å². The molecule has 0 heterocycles. The number of halogens is 5. The summed E-state index contributed by atoms with van der Waals surface area (Å²) >= 11 is 1.69. The molecule has 0 bridgehead atoms. The fourth-order valence-electron chi connectivity index (χ4n) is 2.85. The molecule has 0 aromatic heterocycles. The van der Waals surface area contributed by atoms with Gasteiger partial charge in [0.15, 0.2) is 6.10 Å². The Morgan fingerprint density at radius 2 is 1.53 bits per heavy atom. The normalized spacial score (nSPS) is 13.2. The van der Waals surface area contributed by atoms with Gasteiger partial charge in [0.1, 0.15) is 0 Å². The lowest BCUT2D eigenvalue weighted by atomic mass is 10.0. The molecule has 3 aromatic rings. The Balaban J connectivity index is 1.81. The Morgan fingerprint density at radius 3 is 2.23 bits per heavy atom. The molecule has 8 heteroatoms. The molecule has 0 aliphatic carbocycles. The van der Waals surface area contributed by atoms with Gasteiger partial charge in [0.25, 0.3) is 0 Å². The number of benzene rings is 3. The molecule has 0 spiro atoms. The summed E-state index contributed by atoms with van der Waals surface area (Å²) in [7, 11) is 0. The van der Waals surface area contributed by atoms with E-state index in [2.05, 4.69) is 0 Å². The number of fused-ring (bicyclic) bond motifs is 1. The number of hydrogen-bond donors (Lipinski definition) is 0. The maximum Gasteiger partial charge on any atom is 0.367 e. The Bertz CT molecular complexity index is 1000. The van der Waals surface area contributed by atoms with Crippen LogP contribution in [-0.4, -0.2) is 29.4 Å². The molecular formula is C22H17BrF4O3. The van der Waals surface area contributed by atoms with Crippen molar-refractivity contribution in [2.75, 3.05) is 6.61 Å². The van der Waals surface area contributed by atoms with E-state index in [1.54, 1.807) is 82.7 Å². The van der Waals surface area contributed by atoms with Gasteiger partial charge in [-0.2, -0.15) is 17.6 Å². The molecule has 3 aromatic carbocycles. The monoisotopic (exact) mass is 484 g/mol. The lowest BCUT2D eigenvalue weighted by molar-refractivity contribution is -0.217. The van der Waals surface area contributed by atoms with Crippen molar-refractivity contribution >= 4 is 32.7 Å². The highest BCUT2D eigenvalue weighted by molar-refractivity contribution is 9.10. The largest absolute Gasteiger partial charge is 0.450 e. The van der Waals surface area contributed by atoms with Gasteiger partial charge in [0.05, 0.1) is 18.8 Å². The maximum absolute atomic E-state index is 14.4. The van der Waals surface area contributed by atoms with Crippen molar-refractivity contribution in [3.8, 4) is 0 Å². The van der Waals surface area contributed by atoms with E-state index >= 15 is 0 Å². The van der Waals surface area contributed by atoms with Crippen molar-refractivity contribution in [1.29, 1.82) is 0 Å². The summed E-state index contributed by atoms with van der Waals surface area (Å²) in [5.41, 5.74) is 0.653. The average Bonchev–Trinajstić information content (AvgIpc) is 2.72. The number of hydrogen-bond acceptors (Lipinski definition) is 3. The first kappa shape index (κ1) is 22.2. The highest BCUT2D eigenvalue weighted by Gasteiger charge is 2.61. The summed E-state index contributed by atoms with van der Waals surface area (Å²) in [4.78, 5) is 8.01. The van der Waals surface area contributed by atoms with Crippen LogP contribution in [0.3, 0.4) is 0 Å². The van der Waals surface area contributed by atoms with Crippen molar-refractivity contribution in [2.45, 2.75) is 23.5 Å². The molecule has 3 nitrogen and oxygen atoms in total. The number of esters is 1. The lowest BCUT2D eigenvalue weighted by Gasteiger charge is -2.29. The van der Waals surface area contributed by atoms with Gasteiger partial charge in [-0.3, -0.25) is 0 Å². The van der Waals surface area contributed by atoms with Gasteiger partial charge in [-0.1, -0.05) is 66.7 Å². The van der Waals surface area contributed by atoms with Crippen LogP contribution < -0.4 is 0 Å². The van der Waals surface area contributed by atoms with Crippen LogP contribution in [0.1, 0.15) is 15.9 Å². The van der Waals surface area contributed by atoms with E-state index in [1.165, 1.54) is 6.07 Å². The van der Waals surface area contributed by atoms with Crippen LogP contribution in [0, 0.1) is 0 Å². The number of ether oxygens (including phenoxy) is 2. The van der Waals surface area contributed by atoms with Crippen molar-refractivity contribution in [3.05, 3.63) is 83.9 Å². The molecule has 0 amide bonds. The highest BCUT2D eigenvalue weighted by Crippen LogP contribution is 2.43. The highest BCUT2D eigenvalue weighted by atomic mass is 79.9. The Morgan fingerprint density at radius 1 is 0.900 bits per heavy atom. The minimum Gasteiger partial charge on any atom is -0.450 e. The third-order valence-electron chi connectivity index (χ3n) is 4.42. The third-order valence-corrected chi connectivity index (χ3v) is 4.95. The number of carbonyl (C=O) groups excluding carboxylic acids is 1. The minimum absolute atomic E-state index is 0.00477. The fraction of sp³-hybridized carbons (Fsp3) is 0.227. The van der Waals surface area contributed by atoms with Crippen molar-refractivity contribution in [1.82, 2.24) is 0 Å². The SMILES string of the molecule is O=C(OC(COCc1ccccc1)C(F)(F)C(F)(F)Br)c1cccc2ccccc12. The van der Waals surface area contributed by atoms with Crippen LogP contribution in [0.25, 0.3) is 10.8 Å². The summed E-state index contributed by atoms with van der Waals surface area (Å²) in [6.45, 7) is -1.02. The van der Waals surface area contributed by atoms with E-state index in [0.717, 1.165) is 0 Å². The molecule has 0 N–H and O–H groups in total. The summed E-state index contributed by atoms with van der Waals surface area (Å²) < 4.78 is 65.8. The number of rotatable bonds is 8. The summed E-state index contributed by atoms with van der Waals surface area (Å²) in [6, 6.07) is 20.0. The van der Waals surface area contributed by atoms with E-state index in [9.17, 15) is 22.4 Å². The molecule has 158 valence electrons. The predicted molar refractivity (Wildman–Crippen MR) is 108 cm³/mol. The van der Waals surface area contributed by atoms with Gasteiger partial charge in [0, 0.05) is 0 Å². The lowest BCUT2D eigenvalue weighted by Crippen LogP contribution is -2.50. The van der Waals surface area contributed by atoms with Gasteiger partial charge >= 0.3 is 16.7 Å². The Hall–Kier alpha value is -2.45. The van der Waals surface area contributed by atoms with Gasteiger partial charge < -0.3 is 9.47 Å². The van der Waals surface area contributed by atoms with Crippen molar-refractivity contribution < 1.29 is 31.8 Å². The first-order valence-corrected chi connectivity index (χ1v) is 9.74. The smallest absolute Gasteiger partial charge is 0.367 e. The van der Waals surface area contributed by atoms with E-state index < -0.39 is 29.4 Å². The Labute approximate surface area is 178 Å². The second kappa shape index (κ2) is 9.14. The van der Waals surface area contributed by atoms with Gasteiger partial charge in [-0.05, 0) is 38.3 Å². The van der Waals surface area contributed by atoms with Gasteiger partial charge in [-0.15, -0.1) is 0 Å². The molecule has 30 heavy (non-hydrogen) atoms. The van der Waals surface area contributed by atoms with E-state index in [0.29, 0.717) is 16.3 Å². The zero-order valence-electron chi connectivity index (χ0n) is 15.5. The van der Waals surface area contributed by atoms with E-state index in [4.69, 9.17) is 9.47 Å². The van der Waals surface area contributed by atoms with E-state index in [1.807, 2.05) is 0 Å². The summed E-state index contributed by atoms with van der Waals surface area (Å²) in [6.07, 6.45) is -2.51. The van der Waals surface area contributed by atoms with Crippen LogP contribution >= 0.6 is 15.9 Å². The molecular weight excluding hydrogens is 468 g/mol. The molecule has 0 saturated carbocycles.